The van der Waals surface area contributed by atoms with Crippen LogP contribution in [0.4, 0.5) is 0 Å². The number of rotatable bonds is 3. The Balaban J connectivity index is 2.25. The molecule has 16 heavy (non-hydrogen) atoms. The minimum Gasteiger partial charge on any atom is -0.390 e. The Kier molecular flexibility index (Phi) is 4.29. The highest BCUT2D eigenvalue weighted by Gasteiger charge is 2.29. The van der Waals surface area contributed by atoms with Crippen molar-refractivity contribution in [3.05, 3.63) is 0 Å². The number of amides is 2. The van der Waals surface area contributed by atoms with E-state index in [9.17, 15) is 14.7 Å². The van der Waals surface area contributed by atoms with E-state index < -0.39 is 5.60 Å². The first-order valence-electron chi connectivity index (χ1n) is 5.65. The Bertz CT molecular complexity index is 266. The average molecular weight is 228 g/mol. The number of carbonyl (C=O) groups is 2. The van der Waals surface area contributed by atoms with E-state index in [1.165, 1.54) is 6.92 Å². The topological polar surface area (TPSA) is 69.6 Å². The fraction of sp³-hybridized carbons (Fsp3) is 0.818. The van der Waals surface area contributed by atoms with Gasteiger partial charge in [-0.15, -0.1) is 0 Å². The van der Waals surface area contributed by atoms with Crippen molar-refractivity contribution in [1.29, 1.82) is 0 Å². The van der Waals surface area contributed by atoms with Crippen LogP contribution in [0.25, 0.3) is 0 Å². The summed E-state index contributed by atoms with van der Waals surface area (Å²) in [6, 6.07) is 0. The molecule has 1 fully saturated rings. The zero-order chi connectivity index (χ0) is 12.2. The Morgan fingerprint density at radius 3 is 2.44 bits per heavy atom. The second-order valence-electron chi connectivity index (χ2n) is 4.61. The predicted octanol–water partition coefficient (Wildman–Crippen LogP) is -0.114. The van der Waals surface area contributed by atoms with Gasteiger partial charge in [-0.1, -0.05) is 0 Å². The van der Waals surface area contributed by atoms with Crippen LogP contribution in [0.1, 0.15) is 33.1 Å². The largest absolute Gasteiger partial charge is 0.390 e. The van der Waals surface area contributed by atoms with Gasteiger partial charge >= 0.3 is 0 Å². The maximum atomic E-state index is 11.7. The van der Waals surface area contributed by atoms with Gasteiger partial charge in [0.25, 0.3) is 0 Å². The molecule has 0 aromatic heterocycles. The van der Waals surface area contributed by atoms with Gasteiger partial charge in [-0.05, 0) is 19.8 Å². The van der Waals surface area contributed by atoms with Crippen molar-refractivity contribution in [1.82, 2.24) is 10.2 Å². The molecule has 0 radical (unpaired) electrons. The molecule has 1 saturated heterocycles. The van der Waals surface area contributed by atoms with Crippen LogP contribution in [0.3, 0.4) is 0 Å². The smallest absolute Gasteiger partial charge is 0.224 e. The molecule has 1 rings (SSSR count). The summed E-state index contributed by atoms with van der Waals surface area (Å²) in [6.45, 7) is 4.83. The van der Waals surface area contributed by atoms with Crippen molar-refractivity contribution in [2.45, 2.75) is 38.7 Å². The number of likely N-dealkylation sites (tertiary alicyclic amines) is 1. The molecule has 0 saturated carbocycles. The van der Waals surface area contributed by atoms with Crippen molar-refractivity contribution >= 4 is 11.8 Å². The molecular weight excluding hydrogens is 208 g/mol. The molecule has 2 amide bonds. The van der Waals surface area contributed by atoms with Crippen molar-refractivity contribution in [3.63, 3.8) is 0 Å². The van der Waals surface area contributed by atoms with Crippen molar-refractivity contribution in [3.8, 4) is 0 Å². The van der Waals surface area contributed by atoms with Crippen molar-refractivity contribution in [2.75, 3.05) is 19.6 Å². The zero-order valence-corrected chi connectivity index (χ0v) is 9.95. The molecular formula is C11H20N2O3. The van der Waals surface area contributed by atoms with Gasteiger partial charge in [-0.2, -0.15) is 0 Å². The lowest BCUT2D eigenvalue weighted by molar-refractivity contribution is -0.134. The number of nitrogens with one attached hydrogen (secondary N) is 1. The SMILES string of the molecule is CC(=O)NCCC(=O)N1CCC(C)(O)CC1. The van der Waals surface area contributed by atoms with E-state index in [0.717, 1.165) is 0 Å². The lowest BCUT2D eigenvalue weighted by Crippen LogP contribution is -2.45. The van der Waals surface area contributed by atoms with E-state index in [0.29, 0.717) is 38.9 Å². The van der Waals surface area contributed by atoms with Gasteiger partial charge in [0, 0.05) is 33.0 Å². The van der Waals surface area contributed by atoms with Gasteiger partial charge in [-0.25, -0.2) is 0 Å². The standard InChI is InChI=1S/C11H20N2O3/c1-9(14)12-6-3-10(15)13-7-4-11(2,16)5-8-13/h16H,3-8H2,1-2H3,(H,12,14). The van der Waals surface area contributed by atoms with Crippen molar-refractivity contribution < 1.29 is 14.7 Å². The predicted molar refractivity (Wildman–Crippen MR) is 59.7 cm³/mol. The molecule has 2 N–H and O–H groups in total. The lowest BCUT2D eigenvalue weighted by atomic mass is 9.94. The second kappa shape index (κ2) is 5.30. The van der Waals surface area contributed by atoms with E-state index in [2.05, 4.69) is 5.32 Å². The third kappa shape index (κ3) is 4.18. The summed E-state index contributed by atoms with van der Waals surface area (Å²) in [6.07, 6.45) is 1.58. The maximum absolute atomic E-state index is 11.7. The minimum atomic E-state index is -0.631. The van der Waals surface area contributed by atoms with Gasteiger partial charge in [0.1, 0.15) is 0 Å². The molecule has 0 unspecified atom stereocenters. The van der Waals surface area contributed by atoms with Gasteiger partial charge in [0.2, 0.25) is 11.8 Å². The van der Waals surface area contributed by atoms with Crippen LogP contribution >= 0.6 is 0 Å². The Hall–Kier alpha value is -1.10. The van der Waals surface area contributed by atoms with Gasteiger partial charge in [0.05, 0.1) is 5.60 Å². The summed E-state index contributed by atoms with van der Waals surface area (Å²) in [7, 11) is 0. The summed E-state index contributed by atoms with van der Waals surface area (Å²) in [5, 5.41) is 12.3. The summed E-state index contributed by atoms with van der Waals surface area (Å²) >= 11 is 0. The van der Waals surface area contributed by atoms with Gasteiger partial charge in [-0.3, -0.25) is 9.59 Å². The molecule has 0 aromatic rings. The summed E-state index contributed by atoms with van der Waals surface area (Å²) in [4.78, 5) is 24.1. The molecule has 5 heteroatoms. The number of carbonyl (C=O) groups excluding carboxylic acids is 2. The molecule has 92 valence electrons. The van der Waals surface area contributed by atoms with E-state index in [1.54, 1.807) is 11.8 Å². The first-order chi connectivity index (χ1) is 7.41. The van der Waals surface area contributed by atoms with E-state index in [1.807, 2.05) is 0 Å². The quantitative estimate of drug-likeness (QED) is 0.708. The van der Waals surface area contributed by atoms with Crippen LogP contribution in [-0.2, 0) is 9.59 Å². The number of hydrogen-bond donors (Lipinski definition) is 2. The zero-order valence-electron chi connectivity index (χ0n) is 9.95. The maximum Gasteiger partial charge on any atom is 0.224 e. The summed E-state index contributed by atoms with van der Waals surface area (Å²) in [5.41, 5.74) is -0.631. The van der Waals surface area contributed by atoms with Gasteiger partial charge in [0.15, 0.2) is 0 Å². The highest BCUT2D eigenvalue weighted by Crippen LogP contribution is 2.21. The molecule has 5 nitrogen and oxygen atoms in total. The number of piperidine rings is 1. The molecule has 0 aliphatic carbocycles. The minimum absolute atomic E-state index is 0.0456. The third-order valence-corrected chi connectivity index (χ3v) is 2.91. The first-order valence-corrected chi connectivity index (χ1v) is 5.65. The third-order valence-electron chi connectivity index (χ3n) is 2.91. The van der Waals surface area contributed by atoms with Crippen molar-refractivity contribution in [2.24, 2.45) is 0 Å². The number of hydrogen-bond acceptors (Lipinski definition) is 3. The number of nitrogens with zero attached hydrogens (tertiary/aromatic N) is 1. The van der Waals surface area contributed by atoms with Crippen LogP contribution in [0.15, 0.2) is 0 Å². The highest BCUT2D eigenvalue weighted by molar-refractivity contribution is 5.78. The van der Waals surface area contributed by atoms with E-state index in [-0.39, 0.29) is 11.8 Å². The van der Waals surface area contributed by atoms with Crippen LogP contribution in [0, 0.1) is 0 Å². The lowest BCUT2D eigenvalue weighted by Gasteiger charge is -2.35. The second-order valence-corrected chi connectivity index (χ2v) is 4.61. The summed E-state index contributed by atoms with van der Waals surface area (Å²) in [5.74, 6) is -0.0707. The van der Waals surface area contributed by atoms with E-state index in [4.69, 9.17) is 0 Å². The summed E-state index contributed by atoms with van der Waals surface area (Å²) < 4.78 is 0. The highest BCUT2D eigenvalue weighted by atomic mass is 16.3. The molecule has 0 aromatic carbocycles. The van der Waals surface area contributed by atoms with Gasteiger partial charge < -0.3 is 15.3 Å². The van der Waals surface area contributed by atoms with Crippen LogP contribution in [-0.4, -0.2) is 47.1 Å². The van der Waals surface area contributed by atoms with E-state index >= 15 is 0 Å². The fourth-order valence-corrected chi connectivity index (χ4v) is 1.74. The Labute approximate surface area is 95.8 Å². The Morgan fingerprint density at radius 1 is 1.38 bits per heavy atom. The van der Waals surface area contributed by atoms with Crippen LogP contribution < -0.4 is 5.32 Å². The average Bonchev–Trinajstić information content (AvgIpc) is 2.16. The molecule has 1 aliphatic rings. The molecule has 0 atom stereocenters. The van der Waals surface area contributed by atoms with Crippen LogP contribution in [0.2, 0.25) is 0 Å². The normalized spacial score (nSPS) is 19.3. The molecule has 0 spiro atoms. The number of aliphatic hydroxyl groups is 1. The molecule has 0 bridgehead atoms. The molecule has 1 aliphatic heterocycles. The monoisotopic (exact) mass is 228 g/mol. The molecule has 1 heterocycles. The Morgan fingerprint density at radius 2 is 1.94 bits per heavy atom. The van der Waals surface area contributed by atoms with Crippen LogP contribution in [0.5, 0.6) is 0 Å². The fourth-order valence-electron chi connectivity index (χ4n) is 1.74. The first kappa shape index (κ1) is 13.0.